The van der Waals surface area contributed by atoms with Crippen LogP contribution in [0.1, 0.15) is 42.5 Å². The Morgan fingerprint density at radius 1 is 1.11 bits per heavy atom. The Bertz CT molecular complexity index is 1220. The minimum Gasteiger partial charge on any atom is -0.492 e. The first-order chi connectivity index (χ1) is 17.6. The summed E-state index contributed by atoms with van der Waals surface area (Å²) in [5, 5.41) is 8.74. The lowest BCUT2D eigenvalue weighted by Crippen LogP contribution is -2.48. The van der Waals surface area contributed by atoms with Gasteiger partial charge in [0, 0.05) is 49.8 Å². The number of nitrogens with zero attached hydrogens (tertiary/aromatic N) is 3. The molecule has 0 spiro atoms. The minimum atomic E-state index is -4.52. The molecule has 2 heterocycles. The van der Waals surface area contributed by atoms with Gasteiger partial charge in [-0.2, -0.15) is 18.4 Å². The number of benzene rings is 2. The van der Waals surface area contributed by atoms with Crippen LogP contribution in [0.25, 0.3) is 5.57 Å². The lowest BCUT2D eigenvalue weighted by Gasteiger charge is -2.42. The maximum Gasteiger partial charge on any atom is 0.401 e. The number of nitriles is 1. The molecule has 9 heteroatoms. The van der Waals surface area contributed by atoms with Crippen molar-refractivity contribution in [3.8, 4) is 11.8 Å². The second-order valence-corrected chi connectivity index (χ2v) is 10.2. The van der Waals surface area contributed by atoms with Crippen LogP contribution in [-0.2, 0) is 6.42 Å². The summed E-state index contributed by atoms with van der Waals surface area (Å²) in [6.07, 6.45) is -3.27. The highest BCUT2D eigenvalue weighted by atomic mass is 19.4. The van der Waals surface area contributed by atoms with E-state index in [0.29, 0.717) is 37.3 Å². The number of likely N-dealkylation sites (tertiary alicyclic amines) is 1. The normalized spacial score (nSPS) is 22.4. The van der Waals surface area contributed by atoms with Crippen molar-refractivity contribution in [3.05, 3.63) is 70.3 Å². The van der Waals surface area contributed by atoms with Gasteiger partial charge in [0.15, 0.2) is 0 Å². The Morgan fingerprint density at radius 2 is 1.81 bits per heavy atom. The third kappa shape index (κ3) is 5.23. The molecule has 0 aromatic heterocycles. The van der Waals surface area contributed by atoms with Crippen molar-refractivity contribution in [3.63, 3.8) is 0 Å². The van der Waals surface area contributed by atoms with Gasteiger partial charge in [0.1, 0.15) is 24.0 Å². The van der Waals surface area contributed by atoms with E-state index in [9.17, 15) is 13.2 Å². The molecular weight excluding hydrogens is 489 g/mol. The van der Waals surface area contributed by atoms with Crippen molar-refractivity contribution >= 4 is 5.57 Å². The van der Waals surface area contributed by atoms with E-state index in [0.717, 1.165) is 41.9 Å². The fraction of sp³-hybridized carbons (Fsp3) is 0.464. The second kappa shape index (κ2) is 10.1. The van der Waals surface area contributed by atoms with E-state index in [2.05, 4.69) is 11.0 Å². The number of fused-ring (bicyclic) bond motifs is 2. The molecule has 4 nitrogen and oxygen atoms in total. The average molecular weight is 518 g/mol. The predicted molar refractivity (Wildman–Crippen MR) is 129 cm³/mol. The Morgan fingerprint density at radius 3 is 2.49 bits per heavy atom. The molecule has 0 saturated carbocycles. The summed E-state index contributed by atoms with van der Waals surface area (Å²) in [4.78, 5) is 3.27. The number of hydrogen-bond acceptors (Lipinski definition) is 4. The second-order valence-electron chi connectivity index (χ2n) is 10.2. The molecule has 37 heavy (non-hydrogen) atoms. The van der Waals surface area contributed by atoms with Gasteiger partial charge < -0.3 is 4.74 Å². The van der Waals surface area contributed by atoms with Crippen molar-refractivity contribution in [2.75, 3.05) is 32.8 Å². The zero-order chi connectivity index (χ0) is 26.3. The van der Waals surface area contributed by atoms with Crippen LogP contribution in [0.2, 0.25) is 0 Å². The van der Waals surface area contributed by atoms with Crippen molar-refractivity contribution in [2.45, 2.75) is 44.4 Å². The third-order valence-corrected chi connectivity index (χ3v) is 7.62. The monoisotopic (exact) mass is 517 g/mol. The summed E-state index contributed by atoms with van der Waals surface area (Å²) in [5.74, 6) is -1.48. The SMILES string of the molecule is C[C@@H]1CC2=C(Cc3ccccc32)[C@@H](c2c(F)cc(OCCN3CC(CC#N)C3)cc2F)N1CC(F)(F)F. The highest BCUT2D eigenvalue weighted by molar-refractivity contribution is 5.79. The molecule has 0 amide bonds. The topological polar surface area (TPSA) is 39.5 Å². The van der Waals surface area contributed by atoms with Crippen molar-refractivity contribution in [2.24, 2.45) is 5.92 Å². The zero-order valence-corrected chi connectivity index (χ0v) is 20.5. The molecule has 1 fully saturated rings. The maximum absolute atomic E-state index is 15.5. The Kier molecular flexibility index (Phi) is 6.99. The molecule has 1 aliphatic carbocycles. The summed E-state index contributed by atoms with van der Waals surface area (Å²) in [7, 11) is 0. The lowest BCUT2D eigenvalue weighted by molar-refractivity contribution is -0.155. The van der Waals surface area contributed by atoms with Crippen LogP contribution < -0.4 is 4.74 Å². The van der Waals surface area contributed by atoms with Crippen LogP contribution >= 0.6 is 0 Å². The van der Waals surface area contributed by atoms with Crippen molar-refractivity contribution in [1.29, 1.82) is 5.26 Å². The van der Waals surface area contributed by atoms with E-state index in [1.165, 1.54) is 4.90 Å². The fourth-order valence-electron chi connectivity index (χ4n) is 5.93. The van der Waals surface area contributed by atoms with Gasteiger partial charge in [-0.15, -0.1) is 0 Å². The Hall–Kier alpha value is -2.96. The summed E-state index contributed by atoms with van der Waals surface area (Å²) < 4.78 is 77.4. The van der Waals surface area contributed by atoms with E-state index in [1.54, 1.807) is 6.92 Å². The molecular formula is C28H28F5N3O. The Balaban J connectivity index is 1.41. The average Bonchev–Trinajstić information content (AvgIpc) is 3.16. The van der Waals surface area contributed by atoms with Crippen LogP contribution in [0.3, 0.4) is 0 Å². The summed E-state index contributed by atoms with van der Waals surface area (Å²) in [6, 6.07) is 10.1. The van der Waals surface area contributed by atoms with Gasteiger partial charge in [0.2, 0.25) is 0 Å². The van der Waals surface area contributed by atoms with E-state index in [-0.39, 0.29) is 17.9 Å². The van der Waals surface area contributed by atoms with Gasteiger partial charge in [-0.05, 0) is 48.0 Å². The van der Waals surface area contributed by atoms with Gasteiger partial charge in [-0.3, -0.25) is 9.80 Å². The molecule has 0 N–H and O–H groups in total. The predicted octanol–water partition coefficient (Wildman–Crippen LogP) is 5.90. The standard InChI is InChI=1S/C28H28F5N3O/c1-17-10-22-21-5-3-2-4-19(21)11-23(22)27(36(17)16-28(31,32)33)26-24(29)12-20(13-25(26)30)37-9-8-35-14-18(15-35)6-7-34/h2-5,12-13,17-18,27H,6,8-11,14-16H2,1H3/t17-,27+/m1/s1. The highest BCUT2D eigenvalue weighted by Gasteiger charge is 2.45. The third-order valence-electron chi connectivity index (χ3n) is 7.62. The summed E-state index contributed by atoms with van der Waals surface area (Å²) in [6.45, 7) is 2.75. The smallest absolute Gasteiger partial charge is 0.401 e. The van der Waals surface area contributed by atoms with Gasteiger partial charge in [0.25, 0.3) is 0 Å². The van der Waals surface area contributed by atoms with E-state index in [4.69, 9.17) is 10.00 Å². The van der Waals surface area contributed by atoms with E-state index >= 15 is 8.78 Å². The molecule has 1 saturated heterocycles. The number of ether oxygens (including phenoxy) is 1. The molecule has 2 atom stereocenters. The molecule has 5 rings (SSSR count). The lowest BCUT2D eigenvalue weighted by atomic mass is 9.84. The fourth-order valence-corrected chi connectivity index (χ4v) is 5.93. The molecule has 2 aliphatic heterocycles. The molecule has 2 aromatic carbocycles. The number of rotatable bonds is 7. The number of alkyl halides is 3. The molecule has 196 valence electrons. The van der Waals surface area contributed by atoms with Gasteiger partial charge in [0.05, 0.1) is 18.7 Å². The largest absolute Gasteiger partial charge is 0.492 e. The van der Waals surface area contributed by atoms with Crippen LogP contribution in [-0.4, -0.2) is 54.8 Å². The first-order valence-electron chi connectivity index (χ1n) is 12.5. The van der Waals surface area contributed by atoms with E-state index < -0.39 is 36.4 Å². The van der Waals surface area contributed by atoms with Gasteiger partial charge >= 0.3 is 6.18 Å². The molecule has 0 unspecified atom stereocenters. The summed E-state index contributed by atoms with van der Waals surface area (Å²) >= 11 is 0. The quantitative estimate of drug-likeness (QED) is 0.429. The first kappa shape index (κ1) is 25.7. The number of halogens is 5. The van der Waals surface area contributed by atoms with Gasteiger partial charge in [-0.25, -0.2) is 8.78 Å². The van der Waals surface area contributed by atoms with Crippen LogP contribution in [0.5, 0.6) is 5.75 Å². The van der Waals surface area contributed by atoms with E-state index in [1.807, 2.05) is 24.3 Å². The highest BCUT2D eigenvalue weighted by Crippen LogP contribution is 2.50. The minimum absolute atomic E-state index is 0.00277. The van der Waals surface area contributed by atoms with Crippen molar-refractivity contribution < 1.29 is 26.7 Å². The van der Waals surface area contributed by atoms with Crippen LogP contribution in [0.4, 0.5) is 22.0 Å². The molecule has 2 aromatic rings. The van der Waals surface area contributed by atoms with Crippen LogP contribution in [0, 0.1) is 28.9 Å². The zero-order valence-electron chi connectivity index (χ0n) is 20.5. The van der Waals surface area contributed by atoms with Crippen molar-refractivity contribution in [1.82, 2.24) is 9.80 Å². The maximum atomic E-state index is 15.5. The molecule has 0 bridgehead atoms. The Labute approximate surface area is 212 Å². The van der Waals surface area contributed by atoms with Crippen LogP contribution in [0.15, 0.2) is 42.0 Å². The summed E-state index contributed by atoms with van der Waals surface area (Å²) in [5.41, 5.74) is 3.05. The molecule has 3 aliphatic rings. The first-order valence-corrected chi connectivity index (χ1v) is 12.5. The molecule has 0 radical (unpaired) electrons. The number of hydrogen-bond donors (Lipinski definition) is 0. The van der Waals surface area contributed by atoms with Gasteiger partial charge in [-0.1, -0.05) is 24.3 Å².